The Bertz CT molecular complexity index is 2000. The number of nitrogens with zero attached hydrogens (tertiary/aromatic N) is 3. The molecule has 6 bridgehead atoms. The molecule has 6 atom stereocenters. The number of ether oxygens (including phenoxy) is 3. The van der Waals surface area contributed by atoms with Gasteiger partial charge in [0.2, 0.25) is 35.4 Å². The van der Waals surface area contributed by atoms with E-state index in [1.165, 1.54) is 70.8 Å². The fraction of sp³-hybridized carbons (Fsp3) is 0.429. The quantitative estimate of drug-likeness (QED) is 0.358. The van der Waals surface area contributed by atoms with Crippen molar-refractivity contribution >= 4 is 35.4 Å². The van der Waals surface area contributed by atoms with Crippen molar-refractivity contribution in [3.63, 3.8) is 0 Å². The van der Waals surface area contributed by atoms with Gasteiger partial charge >= 0.3 is 0 Å². The van der Waals surface area contributed by atoms with E-state index in [1.807, 2.05) is 13.0 Å². The molecule has 57 heavy (non-hydrogen) atoms. The predicted molar refractivity (Wildman–Crippen MR) is 211 cm³/mol. The molecule has 3 N–H and O–H groups in total. The second-order valence-corrected chi connectivity index (χ2v) is 14.7. The van der Waals surface area contributed by atoms with Crippen LogP contribution in [0.15, 0.2) is 60.7 Å². The second kappa shape index (κ2) is 17.8. The SMILES string of the molecule is COc1ccc(C[C@H]2C(=O)N[C@@H](C)C(=O)N(C)[C@H]3Cc4ccc(cc4)Oc4cc(cc(C)c4OC)C[C@@H](C(=O)N[C@H](C)C(=O)N[C@@H](C)C(=O)N2C)N(C)C3=O)cc1. The highest BCUT2D eigenvalue weighted by molar-refractivity contribution is 5.98. The van der Waals surface area contributed by atoms with Crippen molar-refractivity contribution in [3.8, 4) is 23.0 Å². The maximum absolute atomic E-state index is 14.7. The predicted octanol–water partition coefficient (Wildman–Crippen LogP) is 2.15. The van der Waals surface area contributed by atoms with Gasteiger partial charge in [-0.1, -0.05) is 30.3 Å². The molecule has 3 aromatic carbocycles. The van der Waals surface area contributed by atoms with E-state index in [2.05, 4.69) is 16.0 Å². The number of amides is 6. The minimum Gasteiger partial charge on any atom is -0.497 e. The van der Waals surface area contributed by atoms with Gasteiger partial charge in [-0.05, 0) is 80.3 Å². The average molecular weight is 785 g/mol. The molecule has 0 aromatic heterocycles. The Balaban J connectivity index is 1.59. The standard InChI is InChI=1S/C42H52N6O9/c1-23-18-29-21-33-38(50)43-24(2)37(49)44-25(3)40(52)46(5)32(19-27-10-14-30(55-8)15-11-27)39(51)45-26(4)41(53)48(7)34(42(54)47(33)6)20-28-12-16-31(17-13-28)57-35(22-29)36(23)56-9/h10-18,22,24-26,32-34H,19-21H2,1-9H3,(H,43,50)(H,44,49)(H,45,51)/t24-,25+,26+,32+,33+,34+/m1/s1. The van der Waals surface area contributed by atoms with Gasteiger partial charge in [-0.2, -0.15) is 0 Å². The summed E-state index contributed by atoms with van der Waals surface area (Å²) in [6.07, 6.45) is 0.139. The smallest absolute Gasteiger partial charge is 0.246 e. The van der Waals surface area contributed by atoms with E-state index in [-0.39, 0.29) is 19.3 Å². The summed E-state index contributed by atoms with van der Waals surface area (Å²) in [6.45, 7) is 6.30. The number of rotatable bonds is 4. The Labute approximate surface area is 333 Å². The van der Waals surface area contributed by atoms with E-state index in [0.29, 0.717) is 39.7 Å². The number of hydrogen-bond donors (Lipinski definition) is 3. The highest BCUT2D eigenvalue weighted by Gasteiger charge is 2.39. The molecule has 1 fully saturated rings. The van der Waals surface area contributed by atoms with Gasteiger partial charge < -0.3 is 44.9 Å². The van der Waals surface area contributed by atoms with Crippen LogP contribution in [0.25, 0.3) is 0 Å². The van der Waals surface area contributed by atoms with Crippen molar-refractivity contribution in [1.29, 1.82) is 0 Å². The molecule has 0 unspecified atom stereocenters. The molecule has 6 amide bonds. The number of methoxy groups -OCH3 is 2. The normalized spacial score (nSPS) is 24.1. The lowest BCUT2D eigenvalue weighted by Gasteiger charge is -2.37. The maximum atomic E-state index is 14.7. The summed E-state index contributed by atoms with van der Waals surface area (Å²) in [5.74, 6) is -1.56. The zero-order valence-electron chi connectivity index (χ0n) is 33.9. The van der Waals surface area contributed by atoms with E-state index in [1.54, 1.807) is 54.6 Å². The molecule has 0 aliphatic carbocycles. The molecule has 6 rings (SSSR count). The molecule has 3 aliphatic rings. The van der Waals surface area contributed by atoms with Crippen molar-refractivity contribution in [2.24, 2.45) is 0 Å². The van der Waals surface area contributed by atoms with E-state index in [4.69, 9.17) is 14.2 Å². The number of carbonyl (C=O) groups excluding carboxylic acids is 6. The average Bonchev–Trinajstić information content (AvgIpc) is 3.19. The minimum atomic E-state index is -1.16. The summed E-state index contributed by atoms with van der Waals surface area (Å²) in [7, 11) is 7.48. The van der Waals surface area contributed by atoms with Crippen molar-refractivity contribution in [1.82, 2.24) is 30.7 Å². The van der Waals surface area contributed by atoms with Crippen molar-refractivity contribution in [2.75, 3.05) is 35.4 Å². The lowest BCUT2D eigenvalue weighted by atomic mass is 9.98. The maximum Gasteiger partial charge on any atom is 0.246 e. The number of hydrogen-bond acceptors (Lipinski definition) is 9. The van der Waals surface area contributed by atoms with Gasteiger partial charge in [0, 0.05) is 40.4 Å². The summed E-state index contributed by atoms with van der Waals surface area (Å²) in [6, 6.07) is 10.9. The van der Waals surface area contributed by atoms with Crippen LogP contribution in [-0.4, -0.2) is 122 Å². The van der Waals surface area contributed by atoms with Gasteiger partial charge in [0.1, 0.15) is 47.8 Å². The van der Waals surface area contributed by atoms with Crippen molar-refractivity contribution in [2.45, 2.75) is 83.2 Å². The first kappa shape index (κ1) is 42.0. The van der Waals surface area contributed by atoms with Crippen LogP contribution in [0.1, 0.15) is 43.0 Å². The van der Waals surface area contributed by atoms with Crippen LogP contribution >= 0.6 is 0 Å². The van der Waals surface area contributed by atoms with Crippen LogP contribution in [0.5, 0.6) is 23.0 Å². The first-order valence-electron chi connectivity index (χ1n) is 18.8. The number of aryl methyl sites for hydroxylation is 1. The van der Waals surface area contributed by atoms with Gasteiger partial charge in [0.05, 0.1) is 14.2 Å². The van der Waals surface area contributed by atoms with Crippen LogP contribution in [-0.2, 0) is 48.0 Å². The molecule has 0 saturated carbocycles. The lowest BCUT2D eigenvalue weighted by molar-refractivity contribution is -0.149. The Morgan fingerprint density at radius 2 is 1.19 bits per heavy atom. The molecular weight excluding hydrogens is 732 g/mol. The number of nitrogens with one attached hydrogen (secondary N) is 3. The van der Waals surface area contributed by atoms with Crippen molar-refractivity contribution < 1.29 is 43.0 Å². The highest BCUT2D eigenvalue weighted by atomic mass is 16.5. The zero-order chi connectivity index (χ0) is 41.7. The summed E-state index contributed by atoms with van der Waals surface area (Å²) < 4.78 is 17.2. The third-order valence-corrected chi connectivity index (χ3v) is 10.6. The van der Waals surface area contributed by atoms with Gasteiger partial charge in [0.15, 0.2) is 11.5 Å². The molecule has 3 heterocycles. The monoisotopic (exact) mass is 784 g/mol. The molecule has 15 heteroatoms. The van der Waals surface area contributed by atoms with Gasteiger partial charge in [-0.15, -0.1) is 0 Å². The molecule has 3 aliphatic heterocycles. The summed E-state index contributed by atoms with van der Waals surface area (Å²) in [5, 5.41) is 8.17. The number of carbonyl (C=O) groups is 6. The second-order valence-electron chi connectivity index (χ2n) is 14.7. The van der Waals surface area contributed by atoms with Crippen LogP contribution in [0.3, 0.4) is 0 Å². The Morgan fingerprint density at radius 1 is 0.632 bits per heavy atom. The fourth-order valence-electron chi connectivity index (χ4n) is 7.17. The zero-order valence-corrected chi connectivity index (χ0v) is 33.9. The van der Waals surface area contributed by atoms with Crippen LogP contribution in [0.4, 0.5) is 0 Å². The largest absolute Gasteiger partial charge is 0.497 e. The van der Waals surface area contributed by atoms with E-state index < -0.39 is 71.7 Å². The molecule has 304 valence electrons. The number of fused-ring (bicyclic) bond motifs is 2. The fourth-order valence-corrected chi connectivity index (χ4v) is 7.17. The summed E-state index contributed by atoms with van der Waals surface area (Å²) >= 11 is 0. The summed E-state index contributed by atoms with van der Waals surface area (Å²) in [4.78, 5) is 88.5. The van der Waals surface area contributed by atoms with Gasteiger partial charge in [0.25, 0.3) is 0 Å². The topological polar surface area (TPSA) is 176 Å². The van der Waals surface area contributed by atoms with Crippen LogP contribution < -0.4 is 30.2 Å². The first-order valence-corrected chi connectivity index (χ1v) is 18.8. The summed E-state index contributed by atoms with van der Waals surface area (Å²) in [5.41, 5.74) is 2.77. The Hall–Kier alpha value is -6.12. The molecular formula is C42H52N6O9. The molecule has 15 nitrogen and oxygen atoms in total. The molecule has 0 spiro atoms. The van der Waals surface area contributed by atoms with Crippen LogP contribution in [0.2, 0.25) is 0 Å². The molecule has 1 saturated heterocycles. The van der Waals surface area contributed by atoms with E-state index in [9.17, 15) is 28.8 Å². The number of benzene rings is 3. The van der Waals surface area contributed by atoms with Crippen LogP contribution in [0, 0.1) is 6.92 Å². The van der Waals surface area contributed by atoms with Gasteiger partial charge in [-0.25, -0.2) is 0 Å². The minimum absolute atomic E-state index is 0.00724. The van der Waals surface area contributed by atoms with Gasteiger partial charge in [-0.3, -0.25) is 28.8 Å². The van der Waals surface area contributed by atoms with Crippen molar-refractivity contribution in [3.05, 3.63) is 82.9 Å². The lowest BCUT2D eigenvalue weighted by Crippen LogP contribution is -2.61. The highest BCUT2D eigenvalue weighted by Crippen LogP contribution is 2.37. The van der Waals surface area contributed by atoms with E-state index in [0.717, 1.165) is 5.56 Å². The van der Waals surface area contributed by atoms with E-state index >= 15 is 0 Å². The first-order chi connectivity index (χ1) is 27.0. The molecule has 0 radical (unpaired) electrons. The third-order valence-electron chi connectivity index (χ3n) is 10.6. The number of likely N-dealkylation sites (N-methyl/N-ethyl adjacent to an activating group) is 3. The third kappa shape index (κ3) is 9.47. The Morgan fingerprint density at radius 3 is 1.81 bits per heavy atom. The molecule has 3 aromatic rings. The Kier molecular flexibility index (Phi) is 13.1.